The zero-order valence-electron chi connectivity index (χ0n) is 11.2. The fraction of sp³-hybridized carbons (Fsp3) is 0.533. The van der Waals surface area contributed by atoms with Gasteiger partial charge in [0, 0.05) is 26.2 Å². The fourth-order valence-corrected chi connectivity index (χ4v) is 2.68. The molecule has 0 spiro atoms. The van der Waals surface area contributed by atoms with Crippen molar-refractivity contribution in [2.45, 2.75) is 25.8 Å². The van der Waals surface area contributed by atoms with Crippen molar-refractivity contribution >= 4 is 5.91 Å². The Morgan fingerprint density at radius 1 is 1.37 bits per heavy atom. The lowest BCUT2D eigenvalue weighted by Gasteiger charge is -2.17. The minimum absolute atomic E-state index is 0.168. The summed E-state index contributed by atoms with van der Waals surface area (Å²) in [5.74, 6) is 0.625. The van der Waals surface area contributed by atoms with Crippen LogP contribution in [0.1, 0.15) is 24.0 Å². The largest absolute Gasteiger partial charge is 0.396 e. The predicted octanol–water partition coefficient (Wildman–Crippen LogP) is 0.919. The summed E-state index contributed by atoms with van der Waals surface area (Å²) in [4.78, 5) is 14.2. The maximum absolute atomic E-state index is 12.3. The van der Waals surface area contributed by atoms with E-state index in [9.17, 15) is 4.79 Å². The minimum atomic E-state index is 0.168. The molecule has 0 aromatic heterocycles. The number of nitrogens with two attached hydrogens (primary N) is 1. The molecule has 1 aliphatic rings. The highest BCUT2D eigenvalue weighted by molar-refractivity contribution is 5.79. The first-order valence-corrected chi connectivity index (χ1v) is 6.90. The van der Waals surface area contributed by atoms with E-state index in [4.69, 9.17) is 10.8 Å². The van der Waals surface area contributed by atoms with E-state index in [0.29, 0.717) is 18.9 Å². The molecule has 3 N–H and O–H groups in total. The molecule has 4 heteroatoms. The number of likely N-dealkylation sites (tertiary alicyclic amines) is 1. The van der Waals surface area contributed by atoms with Gasteiger partial charge >= 0.3 is 0 Å². The highest BCUT2D eigenvalue weighted by atomic mass is 16.3. The summed E-state index contributed by atoms with van der Waals surface area (Å²) in [5, 5.41) is 8.94. The summed E-state index contributed by atoms with van der Waals surface area (Å²) < 4.78 is 0. The normalized spacial score (nSPS) is 18.8. The van der Waals surface area contributed by atoms with Crippen LogP contribution in [0.2, 0.25) is 0 Å². The van der Waals surface area contributed by atoms with E-state index in [2.05, 4.69) is 0 Å². The van der Waals surface area contributed by atoms with Crippen LogP contribution in [0.25, 0.3) is 0 Å². The molecule has 0 aliphatic carbocycles. The molecule has 2 rings (SSSR count). The van der Waals surface area contributed by atoms with E-state index < -0.39 is 0 Å². The average Bonchev–Trinajstić information content (AvgIpc) is 2.88. The molecule has 4 nitrogen and oxygen atoms in total. The predicted molar refractivity (Wildman–Crippen MR) is 74.4 cm³/mol. The van der Waals surface area contributed by atoms with Gasteiger partial charge in [0.15, 0.2) is 0 Å². The number of hydrogen-bond donors (Lipinski definition) is 2. The molecule has 1 amide bonds. The number of amides is 1. The second kappa shape index (κ2) is 6.68. The molecule has 1 saturated heterocycles. The van der Waals surface area contributed by atoms with E-state index in [1.807, 2.05) is 29.2 Å². The van der Waals surface area contributed by atoms with Crippen molar-refractivity contribution < 1.29 is 9.90 Å². The molecule has 1 aliphatic heterocycles. The summed E-state index contributed by atoms with van der Waals surface area (Å²) in [6, 6.07) is 7.84. The molecule has 1 heterocycles. The first-order chi connectivity index (χ1) is 9.24. The molecule has 19 heavy (non-hydrogen) atoms. The van der Waals surface area contributed by atoms with E-state index in [1.54, 1.807) is 0 Å². The quantitative estimate of drug-likeness (QED) is 0.829. The van der Waals surface area contributed by atoms with Gasteiger partial charge in [-0.05, 0) is 29.9 Å². The third-order valence-electron chi connectivity index (χ3n) is 3.86. The zero-order chi connectivity index (χ0) is 13.7. The Hall–Kier alpha value is -1.39. The third kappa shape index (κ3) is 3.55. The zero-order valence-corrected chi connectivity index (χ0v) is 11.2. The van der Waals surface area contributed by atoms with Crippen LogP contribution >= 0.6 is 0 Å². The van der Waals surface area contributed by atoms with Crippen LogP contribution in [0.5, 0.6) is 0 Å². The lowest BCUT2D eigenvalue weighted by Crippen LogP contribution is -2.30. The van der Waals surface area contributed by atoms with Gasteiger partial charge in [-0.1, -0.05) is 24.3 Å². The van der Waals surface area contributed by atoms with Gasteiger partial charge in [-0.25, -0.2) is 0 Å². The van der Waals surface area contributed by atoms with Crippen LogP contribution < -0.4 is 5.73 Å². The average molecular weight is 262 g/mol. The maximum atomic E-state index is 12.3. The Labute approximate surface area is 114 Å². The molecular formula is C15H22N2O2. The summed E-state index contributed by atoms with van der Waals surface area (Å²) in [6.07, 6.45) is 2.23. The van der Waals surface area contributed by atoms with Crippen LogP contribution in [0.15, 0.2) is 24.3 Å². The van der Waals surface area contributed by atoms with Gasteiger partial charge in [0.2, 0.25) is 5.91 Å². The molecule has 1 aromatic rings. The van der Waals surface area contributed by atoms with Crippen molar-refractivity contribution in [3.63, 3.8) is 0 Å². The van der Waals surface area contributed by atoms with Gasteiger partial charge < -0.3 is 15.7 Å². The van der Waals surface area contributed by atoms with Crippen molar-refractivity contribution in [2.24, 2.45) is 11.7 Å². The third-order valence-corrected chi connectivity index (χ3v) is 3.86. The number of aliphatic hydroxyl groups excluding tert-OH is 1. The van der Waals surface area contributed by atoms with Gasteiger partial charge in [0.25, 0.3) is 0 Å². The lowest BCUT2D eigenvalue weighted by atomic mass is 10.0. The Bertz CT molecular complexity index is 434. The molecule has 1 unspecified atom stereocenters. The first kappa shape index (κ1) is 14.0. The number of rotatable bonds is 5. The Balaban J connectivity index is 1.94. The standard InChI is InChI=1S/C15H22N2O2/c16-10-14-4-2-1-3-13(14)9-15(19)17-7-5-12(11-17)6-8-18/h1-4,12,18H,5-11,16H2. The molecule has 1 aromatic carbocycles. The van der Waals surface area contributed by atoms with Gasteiger partial charge in [-0.3, -0.25) is 4.79 Å². The van der Waals surface area contributed by atoms with E-state index in [0.717, 1.165) is 37.1 Å². The van der Waals surface area contributed by atoms with Crippen LogP contribution in [-0.2, 0) is 17.8 Å². The maximum Gasteiger partial charge on any atom is 0.227 e. The van der Waals surface area contributed by atoms with Crippen molar-refractivity contribution in [1.82, 2.24) is 4.90 Å². The monoisotopic (exact) mass is 262 g/mol. The molecular weight excluding hydrogens is 240 g/mol. The Morgan fingerprint density at radius 3 is 2.79 bits per heavy atom. The number of nitrogens with zero attached hydrogens (tertiary/aromatic N) is 1. The van der Waals surface area contributed by atoms with Gasteiger partial charge in [-0.15, -0.1) is 0 Å². The van der Waals surface area contributed by atoms with E-state index in [1.165, 1.54) is 0 Å². The smallest absolute Gasteiger partial charge is 0.227 e. The molecule has 1 atom stereocenters. The van der Waals surface area contributed by atoms with Crippen LogP contribution in [0, 0.1) is 5.92 Å². The molecule has 0 radical (unpaired) electrons. The highest BCUT2D eigenvalue weighted by Crippen LogP contribution is 2.20. The Kier molecular flexibility index (Phi) is 4.93. The minimum Gasteiger partial charge on any atom is -0.396 e. The number of carbonyl (C=O) groups excluding carboxylic acids is 1. The molecule has 1 fully saturated rings. The summed E-state index contributed by atoms with van der Waals surface area (Å²) in [7, 11) is 0. The summed E-state index contributed by atoms with van der Waals surface area (Å²) >= 11 is 0. The van der Waals surface area contributed by atoms with Gasteiger partial charge in [0.1, 0.15) is 0 Å². The fourth-order valence-electron chi connectivity index (χ4n) is 2.68. The second-order valence-electron chi connectivity index (χ2n) is 5.16. The SMILES string of the molecule is NCc1ccccc1CC(=O)N1CCC(CCO)C1. The van der Waals surface area contributed by atoms with Gasteiger partial charge in [-0.2, -0.15) is 0 Å². The molecule has 0 bridgehead atoms. The van der Waals surface area contributed by atoms with E-state index in [-0.39, 0.29) is 12.5 Å². The summed E-state index contributed by atoms with van der Waals surface area (Å²) in [5.41, 5.74) is 7.76. The first-order valence-electron chi connectivity index (χ1n) is 6.90. The number of benzene rings is 1. The highest BCUT2D eigenvalue weighted by Gasteiger charge is 2.25. The number of aliphatic hydroxyl groups is 1. The van der Waals surface area contributed by atoms with Crippen molar-refractivity contribution in [3.05, 3.63) is 35.4 Å². The van der Waals surface area contributed by atoms with E-state index >= 15 is 0 Å². The van der Waals surface area contributed by atoms with Crippen LogP contribution in [0.3, 0.4) is 0 Å². The van der Waals surface area contributed by atoms with Crippen molar-refractivity contribution in [1.29, 1.82) is 0 Å². The molecule has 0 saturated carbocycles. The summed E-state index contributed by atoms with van der Waals surface area (Å²) in [6.45, 7) is 2.28. The van der Waals surface area contributed by atoms with Crippen LogP contribution in [0.4, 0.5) is 0 Å². The van der Waals surface area contributed by atoms with Crippen molar-refractivity contribution in [2.75, 3.05) is 19.7 Å². The molecule has 104 valence electrons. The lowest BCUT2D eigenvalue weighted by molar-refractivity contribution is -0.129. The van der Waals surface area contributed by atoms with Gasteiger partial charge in [0.05, 0.1) is 6.42 Å². The Morgan fingerprint density at radius 2 is 2.11 bits per heavy atom. The van der Waals surface area contributed by atoms with Crippen molar-refractivity contribution in [3.8, 4) is 0 Å². The second-order valence-corrected chi connectivity index (χ2v) is 5.16. The van der Waals surface area contributed by atoms with Crippen LogP contribution in [-0.4, -0.2) is 35.6 Å². The number of carbonyl (C=O) groups is 1. The number of hydrogen-bond acceptors (Lipinski definition) is 3. The topological polar surface area (TPSA) is 66.6 Å².